The van der Waals surface area contributed by atoms with Crippen LogP contribution in [0.15, 0.2) is 11.8 Å². The SMILES string of the molecule is CC1(C)[C@H]2CC[C@]1(C)C(O)=CC2=O. The molecule has 2 nitrogen and oxygen atoms in total. The predicted octanol–water partition coefficient (Wildman–Crippen LogP) is 2.45. The average Bonchev–Trinajstić information content (AvgIpc) is 2.16. The first-order valence-corrected chi connectivity index (χ1v) is 4.84. The number of rotatable bonds is 0. The molecule has 2 bridgehead atoms. The molecule has 1 saturated carbocycles. The highest BCUT2D eigenvalue weighted by molar-refractivity contribution is 5.94. The predicted molar refractivity (Wildman–Crippen MR) is 50.3 cm³/mol. The molecule has 0 heterocycles. The number of aliphatic hydroxyl groups excluding tert-OH is 1. The Labute approximate surface area is 78.6 Å². The Morgan fingerprint density at radius 3 is 2.69 bits per heavy atom. The van der Waals surface area contributed by atoms with E-state index in [1.165, 1.54) is 6.08 Å². The Hall–Kier alpha value is -0.790. The first-order chi connectivity index (χ1) is 5.89. The Morgan fingerprint density at radius 2 is 2.08 bits per heavy atom. The smallest absolute Gasteiger partial charge is 0.162 e. The lowest BCUT2D eigenvalue weighted by Gasteiger charge is -2.43. The number of fused-ring (bicyclic) bond motifs is 2. The van der Waals surface area contributed by atoms with E-state index in [1.54, 1.807) is 0 Å². The fourth-order valence-electron chi connectivity index (χ4n) is 2.85. The average molecular weight is 180 g/mol. The second kappa shape index (κ2) is 2.17. The second-order valence-corrected chi connectivity index (χ2v) is 5.08. The Balaban J connectivity index is 2.59. The van der Waals surface area contributed by atoms with Gasteiger partial charge in [0.1, 0.15) is 5.76 Å². The number of carbonyl (C=O) groups excluding carboxylic acids is 1. The van der Waals surface area contributed by atoms with Crippen LogP contribution in [0.5, 0.6) is 0 Å². The van der Waals surface area contributed by atoms with Gasteiger partial charge in [-0.3, -0.25) is 4.79 Å². The monoisotopic (exact) mass is 180 g/mol. The van der Waals surface area contributed by atoms with Gasteiger partial charge in [-0.1, -0.05) is 20.8 Å². The molecule has 0 amide bonds. The van der Waals surface area contributed by atoms with Gasteiger partial charge in [0.05, 0.1) is 0 Å². The van der Waals surface area contributed by atoms with Crippen molar-refractivity contribution in [2.45, 2.75) is 33.6 Å². The molecule has 0 radical (unpaired) electrons. The molecule has 1 N–H and O–H groups in total. The lowest BCUT2D eigenvalue weighted by molar-refractivity contribution is -0.124. The minimum absolute atomic E-state index is 0.0804. The van der Waals surface area contributed by atoms with Gasteiger partial charge >= 0.3 is 0 Å². The van der Waals surface area contributed by atoms with E-state index in [2.05, 4.69) is 20.8 Å². The van der Waals surface area contributed by atoms with Gasteiger partial charge in [-0.2, -0.15) is 0 Å². The van der Waals surface area contributed by atoms with Crippen LogP contribution in [-0.2, 0) is 4.79 Å². The maximum Gasteiger partial charge on any atom is 0.162 e. The van der Waals surface area contributed by atoms with Gasteiger partial charge in [0.15, 0.2) is 5.78 Å². The highest BCUT2D eigenvalue weighted by Gasteiger charge is 2.58. The summed E-state index contributed by atoms with van der Waals surface area (Å²) >= 11 is 0. The Bertz CT molecular complexity index is 301. The molecule has 0 spiro atoms. The molecular formula is C11H16O2. The number of allylic oxidation sites excluding steroid dienone is 2. The van der Waals surface area contributed by atoms with Crippen LogP contribution in [0, 0.1) is 16.7 Å². The van der Waals surface area contributed by atoms with Crippen LogP contribution >= 0.6 is 0 Å². The van der Waals surface area contributed by atoms with E-state index >= 15 is 0 Å². The standard InChI is InChI=1S/C11H16O2/c1-10(2)7-4-5-11(10,3)9(13)6-8(7)12/h6-7,13H,4-5H2,1-3H3/t7-,11+/m0/s1. The summed E-state index contributed by atoms with van der Waals surface area (Å²) in [4.78, 5) is 11.6. The summed E-state index contributed by atoms with van der Waals surface area (Å²) in [5.74, 6) is 0.516. The van der Waals surface area contributed by atoms with E-state index in [9.17, 15) is 9.90 Å². The molecule has 0 aromatic carbocycles. The maximum absolute atomic E-state index is 11.6. The van der Waals surface area contributed by atoms with E-state index < -0.39 is 0 Å². The van der Waals surface area contributed by atoms with Crippen LogP contribution in [-0.4, -0.2) is 10.9 Å². The second-order valence-electron chi connectivity index (χ2n) is 5.08. The van der Waals surface area contributed by atoms with Crippen molar-refractivity contribution in [2.75, 3.05) is 0 Å². The fourth-order valence-corrected chi connectivity index (χ4v) is 2.85. The third-order valence-corrected chi connectivity index (χ3v) is 4.41. The summed E-state index contributed by atoms with van der Waals surface area (Å²) in [5, 5.41) is 9.80. The number of ketones is 1. The minimum Gasteiger partial charge on any atom is -0.512 e. The summed E-state index contributed by atoms with van der Waals surface area (Å²) in [6, 6.07) is 0. The first kappa shape index (κ1) is 8.79. The summed E-state index contributed by atoms with van der Waals surface area (Å²) in [7, 11) is 0. The molecule has 0 unspecified atom stereocenters. The van der Waals surface area contributed by atoms with E-state index in [4.69, 9.17) is 0 Å². The highest BCUT2D eigenvalue weighted by Crippen LogP contribution is 2.61. The number of carbonyl (C=O) groups is 1. The molecule has 2 rings (SSSR count). The molecule has 13 heavy (non-hydrogen) atoms. The van der Waals surface area contributed by atoms with Gasteiger partial charge in [0.25, 0.3) is 0 Å². The van der Waals surface area contributed by atoms with Crippen LogP contribution < -0.4 is 0 Å². The van der Waals surface area contributed by atoms with Crippen molar-refractivity contribution < 1.29 is 9.90 Å². The van der Waals surface area contributed by atoms with Gasteiger partial charge in [-0.25, -0.2) is 0 Å². The minimum atomic E-state index is -0.175. The lowest BCUT2D eigenvalue weighted by atomic mass is 9.61. The van der Waals surface area contributed by atoms with Gasteiger partial charge in [0.2, 0.25) is 0 Å². The zero-order chi connectivity index (χ0) is 9.85. The molecule has 2 heteroatoms. The number of hydrogen-bond acceptors (Lipinski definition) is 2. The fraction of sp³-hybridized carbons (Fsp3) is 0.727. The van der Waals surface area contributed by atoms with Crippen LogP contribution in [0.3, 0.4) is 0 Å². The van der Waals surface area contributed by atoms with E-state index in [-0.39, 0.29) is 28.3 Å². The van der Waals surface area contributed by atoms with Gasteiger partial charge in [0, 0.05) is 17.4 Å². The van der Waals surface area contributed by atoms with Crippen molar-refractivity contribution in [1.29, 1.82) is 0 Å². The topological polar surface area (TPSA) is 37.3 Å². The maximum atomic E-state index is 11.6. The van der Waals surface area contributed by atoms with Crippen molar-refractivity contribution in [3.05, 3.63) is 11.8 Å². The van der Waals surface area contributed by atoms with E-state index in [0.29, 0.717) is 0 Å². The van der Waals surface area contributed by atoms with Crippen LogP contribution in [0.1, 0.15) is 33.6 Å². The zero-order valence-corrected chi connectivity index (χ0v) is 8.42. The van der Waals surface area contributed by atoms with E-state index in [0.717, 1.165) is 12.8 Å². The van der Waals surface area contributed by atoms with E-state index in [1.807, 2.05) is 0 Å². The molecule has 2 aliphatic carbocycles. The van der Waals surface area contributed by atoms with Crippen LogP contribution in [0.2, 0.25) is 0 Å². The van der Waals surface area contributed by atoms with Crippen molar-refractivity contribution in [3.63, 3.8) is 0 Å². The number of hydrogen-bond donors (Lipinski definition) is 1. The molecule has 0 aromatic heterocycles. The van der Waals surface area contributed by atoms with Crippen molar-refractivity contribution >= 4 is 5.78 Å². The van der Waals surface area contributed by atoms with Gasteiger partial charge < -0.3 is 5.11 Å². The lowest BCUT2D eigenvalue weighted by Crippen LogP contribution is -2.41. The highest BCUT2D eigenvalue weighted by atomic mass is 16.3. The van der Waals surface area contributed by atoms with Gasteiger partial charge in [-0.15, -0.1) is 0 Å². The summed E-state index contributed by atoms with van der Waals surface area (Å²) in [5.41, 5.74) is -0.255. The largest absolute Gasteiger partial charge is 0.512 e. The number of aliphatic hydroxyl groups is 1. The molecule has 2 atom stereocenters. The van der Waals surface area contributed by atoms with Crippen LogP contribution in [0.25, 0.3) is 0 Å². The molecule has 0 saturated heterocycles. The van der Waals surface area contributed by atoms with Crippen molar-refractivity contribution in [1.82, 2.24) is 0 Å². The Kier molecular flexibility index (Phi) is 1.47. The Morgan fingerprint density at radius 1 is 1.46 bits per heavy atom. The third-order valence-electron chi connectivity index (χ3n) is 4.41. The van der Waals surface area contributed by atoms with Crippen LogP contribution in [0.4, 0.5) is 0 Å². The quantitative estimate of drug-likeness (QED) is 0.621. The summed E-state index contributed by atoms with van der Waals surface area (Å²) in [6.45, 7) is 6.24. The molecular weight excluding hydrogens is 164 g/mol. The zero-order valence-electron chi connectivity index (χ0n) is 8.42. The molecule has 72 valence electrons. The molecule has 0 aliphatic heterocycles. The molecule has 2 aliphatic rings. The van der Waals surface area contributed by atoms with Gasteiger partial charge in [-0.05, 0) is 18.3 Å². The summed E-state index contributed by atoms with van der Waals surface area (Å²) in [6.07, 6.45) is 3.28. The summed E-state index contributed by atoms with van der Waals surface area (Å²) < 4.78 is 0. The first-order valence-electron chi connectivity index (χ1n) is 4.84. The van der Waals surface area contributed by atoms with Crippen molar-refractivity contribution in [3.8, 4) is 0 Å². The normalized spacial score (nSPS) is 41.9. The molecule has 0 aromatic rings. The third kappa shape index (κ3) is 0.812. The molecule has 1 fully saturated rings. The van der Waals surface area contributed by atoms with Crippen molar-refractivity contribution in [2.24, 2.45) is 16.7 Å².